The molecule has 182 valence electrons. The number of carbonyl (C=O) groups excluding carboxylic acids is 1. The van der Waals surface area contributed by atoms with Gasteiger partial charge in [-0.1, -0.05) is 38.8 Å². The number of hydrogen-bond donors (Lipinski definition) is 0. The highest BCUT2D eigenvalue weighted by Gasteiger charge is 2.23. The van der Waals surface area contributed by atoms with Crippen molar-refractivity contribution in [2.45, 2.75) is 102 Å². The number of unbranched alkanes of at least 4 members (excludes halogenated alkanes) is 1. The molecule has 0 radical (unpaired) electrons. The molecule has 0 aliphatic carbocycles. The summed E-state index contributed by atoms with van der Waals surface area (Å²) in [5.74, 6) is 0. The van der Waals surface area contributed by atoms with E-state index in [9.17, 15) is 13.2 Å². The lowest BCUT2D eigenvalue weighted by atomic mass is 10.0. The molecule has 2 atom stereocenters. The lowest BCUT2D eigenvalue weighted by Crippen LogP contribution is -2.43. The first kappa shape index (κ1) is 27.0. The monoisotopic (exact) mass is 464 g/mol. The number of nitrogens with zero attached hydrogens (tertiary/aromatic N) is 2. The maximum absolute atomic E-state index is 11.7. The Bertz CT molecular complexity index is 775. The zero-order valence-corrected chi connectivity index (χ0v) is 21.4. The van der Waals surface area contributed by atoms with E-state index in [0.717, 1.165) is 64.4 Å². The molecule has 0 bridgehead atoms. The summed E-state index contributed by atoms with van der Waals surface area (Å²) in [4.78, 5) is 16.9. The van der Waals surface area contributed by atoms with Gasteiger partial charge in [-0.3, -0.25) is 9.80 Å². The standard InChI is InChI=1S/C26H44N2O3S/c1-5-24(6-2)28(19-11-10-18-27-17-9-7-8-12-25(27)21-29)22(3)20-23-13-15-26(16-14-23)32(4,30)31/h13-16,21-22,24-25H,5-12,17-20H2,1-4H3. The average Bonchev–Trinajstić information content (AvgIpc) is 3.00. The maximum Gasteiger partial charge on any atom is 0.175 e. The van der Waals surface area contributed by atoms with Crippen LogP contribution in [0.5, 0.6) is 0 Å². The van der Waals surface area contributed by atoms with Crippen molar-refractivity contribution in [3.63, 3.8) is 0 Å². The Morgan fingerprint density at radius 2 is 1.78 bits per heavy atom. The van der Waals surface area contributed by atoms with Gasteiger partial charge in [0, 0.05) is 18.3 Å². The van der Waals surface area contributed by atoms with Crippen molar-refractivity contribution in [3.8, 4) is 0 Å². The Morgan fingerprint density at radius 1 is 1.09 bits per heavy atom. The average molecular weight is 465 g/mol. The largest absolute Gasteiger partial charge is 0.302 e. The van der Waals surface area contributed by atoms with E-state index in [-0.39, 0.29) is 6.04 Å². The summed E-state index contributed by atoms with van der Waals surface area (Å²) in [7, 11) is -3.15. The molecule has 1 aliphatic rings. The fourth-order valence-electron chi connectivity index (χ4n) is 5.09. The van der Waals surface area contributed by atoms with Gasteiger partial charge in [0.1, 0.15) is 6.29 Å². The van der Waals surface area contributed by atoms with Gasteiger partial charge in [-0.25, -0.2) is 8.42 Å². The number of likely N-dealkylation sites (tertiary alicyclic amines) is 1. The van der Waals surface area contributed by atoms with Crippen LogP contribution in [0.15, 0.2) is 29.2 Å². The molecule has 1 aliphatic heterocycles. The number of hydrogen-bond acceptors (Lipinski definition) is 5. The third-order valence-corrected chi connectivity index (χ3v) is 8.17. The van der Waals surface area contributed by atoms with Gasteiger partial charge in [0.15, 0.2) is 9.84 Å². The zero-order chi connectivity index (χ0) is 23.6. The van der Waals surface area contributed by atoms with E-state index < -0.39 is 9.84 Å². The molecule has 1 heterocycles. The molecule has 1 aromatic rings. The third-order valence-electron chi connectivity index (χ3n) is 7.04. The fourth-order valence-corrected chi connectivity index (χ4v) is 5.72. The van der Waals surface area contributed by atoms with E-state index in [2.05, 4.69) is 30.6 Å². The molecule has 5 nitrogen and oxygen atoms in total. The van der Waals surface area contributed by atoms with E-state index in [4.69, 9.17) is 0 Å². The van der Waals surface area contributed by atoms with Crippen LogP contribution < -0.4 is 0 Å². The molecule has 1 fully saturated rings. The smallest absolute Gasteiger partial charge is 0.175 e. The van der Waals surface area contributed by atoms with E-state index >= 15 is 0 Å². The Labute approximate surface area is 196 Å². The summed E-state index contributed by atoms with van der Waals surface area (Å²) in [5.41, 5.74) is 1.18. The molecule has 0 saturated carbocycles. The van der Waals surface area contributed by atoms with Crippen molar-refractivity contribution in [2.24, 2.45) is 0 Å². The lowest BCUT2D eigenvalue weighted by Gasteiger charge is -2.36. The minimum atomic E-state index is -3.15. The lowest BCUT2D eigenvalue weighted by molar-refractivity contribution is -0.112. The molecule has 0 spiro atoms. The minimum Gasteiger partial charge on any atom is -0.302 e. The Hall–Kier alpha value is -1.24. The Kier molecular flexibility index (Phi) is 11.4. The van der Waals surface area contributed by atoms with Crippen LogP contribution >= 0.6 is 0 Å². The zero-order valence-electron chi connectivity index (χ0n) is 20.6. The quantitative estimate of drug-likeness (QED) is 0.312. The van der Waals surface area contributed by atoms with Crippen molar-refractivity contribution in [1.82, 2.24) is 9.80 Å². The number of rotatable bonds is 13. The highest BCUT2D eigenvalue weighted by atomic mass is 32.2. The summed E-state index contributed by atoms with van der Waals surface area (Å²) in [6.45, 7) is 9.96. The first-order valence-electron chi connectivity index (χ1n) is 12.5. The Balaban J connectivity index is 1.94. The minimum absolute atomic E-state index is 0.112. The van der Waals surface area contributed by atoms with Crippen LogP contribution in [0.4, 0.5) is 0 Å². The van der Waals surface area contributed by atoms with Crippen LogP contribution in [0.2, 0.25) is 0 Å². The van der Waals surface area contributed by atoms with Crippen LogP contribution in [-0.2, 0) is 21.1 Å². The van der Waals surface area contributed by atoms with Crippen LogP contribution in [0.1, 0.15) is 77.7 Å². The summed E-state index contributed by atoms with van der Waals surface area (Å²) < 4.78 is 23.5. The van der Waals surface area contributed by atoms with Crippen molar-refractivity contribution in [2.75, 3.05) is 25.9 Å². The summed E-state index contributed by atoms with van der Waals surface area (Å²) in [6, 6.07) is 8.42. The predicted octanol–water partition coefficient (Wildman–Crippen LogP) is 4.74. The SMILES string of the molecule is CCC(CC)N(CCCCN1CCCCCC1C=O)C(C)Cc1ccc(S(C)(=O)=O)cc1. The second-order valence-corrected chi connectivity index (χ2v) is 11.5. The van der Waals surface area contributed by atoms with Crippen molar-refractivity contribution >= 4 is 16.1 Å². The van der Waals surface area contributed by atoms with Gasteiger partial charge in [-0.05, 0) is 89.2 Å². The van der Waals surface area contributed by atoms with E-state index in [1.807, 2.05) is 12.1 Å². The normalized spacial score (nSPS) is 19.2. The molecule has 0 amide bonds. The summed E-state index contributed by atoms with van der Waals surface area (Å²) >= 11 is 0. The molecule has 2 unspecified atom stereocenters. The number of carbonyl (C=O) groups is 1. The molecular weight excluding hydrogens is 420 g/mol. The van der Waals surface area contributed by atoms with E-state index in [0.29, 0.717) is 17.0 Å². The Morgan fingerprint density at radius 3 is 2.38 bits per heavy atom. The first-order valence-corrected chi connectivity index (χ1v) is 14.4. The number of benzene rings is 1. The molecular formula is C26H44N2O3S. The van der Waals surface area contributed by atoms with Crippen molar-refractivity contribution < 1.29 is 13.2 Å². The molecule has 1 saturated heterocycles. The van der Waals surface area contributed by atoms with Gasteiger partial charge >= 0.3 is 0 Å². The predicted molar refractivity (Wildman–Crippen MR) is 133 cm³/mol. The summed E-state index contributed by atoms with van der Waals surface area (Å²) in [6.07, 6.45) is 12.5. The molecule has 0 N–H and O–H groups in total. The highest BCUT2D eigenvalue weighted by molar-refractivity contribution is 7.90. The van der Waals surface area contributed by atoms with Crippen LogP contribution in [0.3, 0.4) is 0 Å². The van der Waals surface area contributed by atoms with Gasteiger partial charge in [-0.2, -0.15) is 0 Å². The maximum atomic E-state index is 11.7. The van der Waals surface area contributed by atoms with Gasteiger partial charge in [0.05, 0.1) is 10.9 Å². The third kappa shape index (κ3) is 8.27. The number of sulfone groups is 1. The van der Waals surface area contributed by atoms with Gasteiger partial charge < -0.3 is 4.79 Å². The second kappa shape index (κ2) is 13.5. The molecule has 0 aromatic heterocycles. The molecule has 6 heteroatoms. The molecule has 2 rings (SSSR count). The topological polar surface area (TPSA) is 57.7 Å². The van der Waals surface area contributed by atoms with Crippen molar-refractivity contribution in [1.29, 1.82) is 0 Å². The van der Waals surface area contributed by atoms with E-state index in [1.54, 1.807) is 12.1 Å². The number of aldehydes is 1. The van der Waals surface area contributed by atoms with Gasteiger partial charge in [0.2, 0.25) is 0 Å². The van der Waals surface area contributed by atoms with Crippen molar-refractivity contribution in [3.05, 3.63) is 29.8 Å². The summed E-state index contributed by atoms with van der Waals surface area (Å²) in [5, 5.41) is 0. The molecule has 1 aromatic carbocycles. The highest BCUT2D eigenvalue weighted by Crippen LogP contribution is 2.20. The second-order valence-electron chi connectivity index (χ2n) is 9.47. The molecule has 32 heavy (non-hydrogen) atoms. The fraction of sp³-hybridized carbons (Fsp3) is 0.731. The first-order chi connectivity index (χ1) is 15.3. The van der Waals surface area contributed by atoms with Crippen LogP contribution in [0, 0.1) is 0 Å². The van der Waals surface area contributed by atoms with Gasteiger partial charge in [-0.15, -0.1) is 0 Å². The van der Waals surface area contributed by atoms with Gasteiger partial charge in [0.25, 0.3) is 0 Å². The van der Waals surface area contributed by atoms with Crippen LogP contribution in [-0.4, -0.2) is 68.5 Å². The van der Waals surface area contributed by atoms with Crippen LogP contribution in [0.25, 0.3) is 0 Å². The van der Waals surface area contributed by atoms with E-state index in [1.165, 1.54) is 31.1 Å².